The molecular weight excluding hydrogens is 192 g/mol. The number of rotatable bonds is 7. The molecule has 82 valence electrons. The highest BCUT2D eigenvalue weighted by Gasteiger charge is 2.06. The van der Waals surface area contributed by atoms with Crippen LogP contribution in [0, 0.1) is 0 Å². The lowest BCUT2D eigenvalue weighted by atomic mass is 10.2. The molecule has 0 atom stereocenters. The van der Waals surface area contributed by atoms with Crippen LogP contribution in [-0.2, 0) is 0 Å². The third kappa shape index (κ3) is 4.80. The lowest BCUT2D eigenvalue weighted by Gasteiger charge is -2.17. The molecule has 0 saturated heterocycles. The minimum atomic E-state index is 1.07. The molecule has 3 heteroatoms. The summed E-state index contributed by atoms with van der Waals surface area (Å²) < 4.78 is 0. The van der Waals surface area contributed by atoms with E-state index in [1.165, 1.54) is 38.0 Å². The van der Waals surface area contributed by atoms with Crippen LogP contribution in [-0.4, -0.2) is 42.1 Å². The molecule has 0 amide bonds. The SMILES string of the molecule is CSCCCCCCN1C=CN(C)C1. The predicted octanol–water partition coefficient (Wildman–Crippen LogP) is 2.59. The fourth-order valence-corrected chi connectivity index (χ4v) is 2.14. The molecule has 1 rings (SSSR count). The van der Waals surface area contributed by atoms with Crippen molar-refractivity contribution in [2.75, 3.05) is 32.3 Å². The number of unbranched alkanes of at least 4 members (excludes halogenated alkanes) is 3. The summed E-state index contributed by atoms with van der Waals surface area (Å²) in [6.45, 7) is 2.30. The van der Waals surface area contributed by atoms with Crippen molar-refractivity contribution in [2.24, 2.45) is 0 Å². The molecule has 1 aliphatic heterocycles. The summed E-state index contributed by atoms with van der Waals surface area (Å²) in [5, 5.41) is 0. The van der Waals surface area contributed by atoms with E-state index < -0.39 is 0 Å². The van der Waals surface area contributed by atoms with Crippen molar-refractivity contribution in [1.29, 1.82) is 0 Å². The Morgan fingerprint density at radius 3 is 2.57 bits per heavy atom. The molecule has 14 heavy (non-hydrogen) atoms. The van der Waals surface area contributed by atoms with E-state index in [9.17, 15) is 0 Å². The topological polar surface area (TPSA) is 6.48 Å². The van der Waals surface area contributed by atoms with Crippen LogP contribution in [0.3, 0.4) is 0 Å². The van der Waals surface area contributed by atoms with Gasteiger partial charge in [0.25, 0.3) is 0 Å². The minimum Gasteiger partial charge on any atom is -0.362 e. The second-order valence-electron chi connectivity index (χ2n) is 3.92. The van der Waals surface area contributed by atoms with Crippen LogP contribution in [0.15, 0.2) is 12.4 Å². The third-order valence-electron chi connectivity index (χ3n) is 2.48. The normalized spacial score (nSPS) is 15.6. The molecule has 1 heterocycles. The quantitative estimate of drug-likeness (QED) is 0.602. The van der Waals surface area contributed by atoms with E-state index in [4.69, 9.17) is 0 Å². The first-order valence-corrected chi connectivity index (χ1v) is 6.84. The molecule has 0 aromatic heterocycles. The van der Waals surface area contributed by atoms with E-state index in [0.29, 0.717) is 0 Å². The molecular formula is C11H22N2S. The Morgan fingerprint density at radius 2 is 1.93 bits per heavy atom. The molecule has 0 N–H and O–H groups in total. The highest BCUT2D eigenvalue weighted by atomic mass is 32.2. The van der Waals surface area contributed by atoms with Crippen molar-refractivity contribution in [3.05, 3.63) is 12.4 Å². The summed E-state index contributed by atoms with van der Waals surface area (Å²) in [5.41, 5.74) is 0. The Labute approximate surface area is 92.3 Å². The Hall–Kier alpha value is -0.310. The minimum absolute atomic E-state index is 1.07. The summed E-state index contributed by atoms with van der Waals surface area (Å²) in [5.74, 6) is 1.33. The first-order valence-electron chi connectivity index (χ1n) is 5.44. The lowest BCUT2D eigenvalue weighted by molar-refractivity contribution is 0.291. The summed E-state index contributed by atoms with van der Waals surface area (Å²) in [7, 11) is 2.12. The third-order valence-corrected chi connectivity index (χ3v) is 3.18. The van der Waals surface area contributed by atoms with Gasteiger partial charge in [0.1, 0.15) is 0 Å². The van der Waals surface area contributed by atoms with Gasteiger partial charge in [-0.05, 0) is 24.9 Å². The number of nitrogens with zero attached hydrogens (tertiary/aromatic N) is 2. The van der Waals surface area contributed by atoms with Crippen LogP contribution in [0.5, 0.6) is 0 Å². The smallest absolute Gasteiger partial charge is 0.0890 e. The molecule has 0 unspecified atom stereocenters. The van der Waals surface area contributed by atoms with Crippen LogP contribution in [0.1, 0.15) is 25.7 Å². The average Bonchev–Trinajstić information content (AvgIpc) is 2.58. The molecule has 0 bridgehead atoms. The fraction of sp³-hybridized carbons (Fsp3) is 0.818. The van der Waals surface area contributed by atoms with Crippen LogP contribution < -0.4 is 0 Å². The van der Waals surface area contributed by atoms with Crippen molar-refractivity contribution in [3.8, 4) is 0 Å². The highest BCUT2D eigenvalue weighted by Crippen LogP contribution is 2.08. The zero-order valence-electron chi connectivity index (χ0n) is 9.41. The molecule has 0 saturated carbocycles. The van der Waals surface area contributed by atoms with Gasteiger partial charge < -0.3 is 9.80 Å². The largest absolute Gasteiger partial charge is 0.362 e. The van der Waals surface area contributed by atoms with E-state index in [1.54, 1.807) is 0 Å². The maximum absolute atomic E-state index is 2.38. The van der Waals surface area contributed by atoms with Crippen molar-refractivity contribution in [1.82, 2.24) is 9.80 Å². The molecule has 2 nitrogen and oxygen atoms in total. The summed E-state index contributed by atoms with van der Waals surface area (Å²) >= 11 is 1.96. The zero-order valence-corrected chi connectivity index (χ0v) is 10.2. The van der Waals surface area contributed by atoms with Gasteiger partial charge in [0.05, 0.1) is 6.67 Å². The maximum atomic E-state index is 2.38. The maximum Gasteiger partial charge on any atom is 0.0890 e. The van der Waals surface area contributed by atoms with Gasteiger partial charge in [-0.15, -0.1) is 0 Å². The lowest BCUT2D eigenvalue weighted by Crippen LogP contribution is -2.23. The van der Waals surface area contributed by atoms with Crippen molar-refractivity contribution < 1.29 is 0 Å². The van der Waals surface area contributed by atoms with E-state index >= 15 is 0 Å². The van der Waals surface area contributed by atoms with E-state index in [1.807, 2.05) is 11.8 Å². The molecule has 1 aliphatic rings. The fourth-order valence-electron chi connectivity index (χ4n) is 1.65. The number of thioether (sulfide) groups is 1. The van der Waals surface area contributed by atoms with Crippen molar-refractivity contribution in [2.45, 2.75) is 25.7 Å². The Bertz CT molecular complexity index is 171. The first kappa shape index (κ1) is 11.8. The Balaban J connectivity index is 1.87. The average molecular weight is 214 g/mol. The van der Waals surface area contributed by atoms with Gasteiger partial charge in [-0.25, -0.2) is 0 Å². The van der Waals surface area contributed by atoms with Crippen LogP contribution >= 0.6 is 11.8 Å². The van der Waals surface area contributed by atoms with Gasteiger partial charge in [0.15, 0.2) is 0 Å². The standard InChI is InChI=1S/C11H22N2S/c1-12-8-9-13(11-12)7-5-3-4-6-10-14-2/h8-9H,3-7,10-11H2,1-2H3. The van der Waals surface area contributed by atoms with Crippen LogP contribution in [0.25, 0.3) is 0 Å². The zero-order chi connectivity index (χ0) is 10.2. The summed E-state index contributed by atoms with van der Waals surface area (Å²) in [6.07, 6.45) is 12.0. The van der Waals surface area contributed by atoms with Gasteiger partial charge in [-0.3, -0.25) is 0 Å². The number of hydrogen-bond donors (Lipinski definition) is 0. The molecule has 0 radical (unpaired) electrons. The van der Waals surface area contributed by atoms with Crippen molar-refractivity contribution >= 4 is 11.8 Å². The molecule has 0 spiro atoms. The Kier molecular flexibility index (Phi) is 5.92. The summed E-state index contributed by atoms with van der Waals surface area (Å²) in [6, 6.07) is 0. The Morgan fingerprint density at radius 1 is 1.14 bits per heavy atom. The number of hydrogen-bond acceptors (Lipinski definition) is 3. The molecule has 0 aromatic rings. The van der Waals surface area contributed by atoms with Crippen LogP contribution in [0.2, 0.25) is 0 Å². The van der Waals surface area contributed by atoms with Gasteiger partial charge in [0.2, 0.25) is 0 Å². The van der Waals surface area contributed by atoms with Gasteiger partial charge >= 0.3 is 0 Å². The van der Waals surface area contributed by atoms with E-state index in [0.717, 1.165) is 6.67 Å². The molecule has 0 fully saturated rings. The second-order valence-corrected chi connectivity index (χ2v) is 4.90. The van der Waals surface area contributed by atoms with Gasteiger partial charge in [-0.2, -0.15) is 11.8 Å². The second kappa shape index (κ2) is 7.04. The van der Waals surface area contributed by atoms with E-state index in [-0.39, 0.29) is 0 Å². The monoisotopic (exact) mass is 214 g/mol. The molecule has 0 aromatic carbocycles. The van der Waals surface area contributed by atoms with Crippen LogP contribution in [0.4, 0.5) is 0 Å². The predicted molar refractivity (Wildman–Crippen MR) is 65.3 cm³/mol. The van der Waals surface area contributed by atoms with Crippen molar-refractivity contribution in [3.63, 3.8) is 0 Å². The van der Waals surface area contributed by atoms with E-state index in [2.05, 4.69) is 35.5 Å². The van der Waals surface area contributed by atoms with Gasteiger partial charge in [-0.1, -0.05) is 12.8 Å². The highest BCUT2D eigenvalue weighted by molar-refractivity contribution is 7.98. The van der Waals surface area contributed by atoms with Gasteiger partial charge in [0, 0.05) is 26.0 Å². The first-order chi connectivity index (χ1) is 6.83. The molecule has 0 aliphatic carbocycles. The summed E-state index contributed by atoms with van der Waals surface area (Å²) in [4.78, 5) is 4.60.